The summed E-state index contributed by atoms with van der Waals surface area (Å²) in [5.41, 5.74) is 1.13. The Morgan fingerprint density at radius 3 is 2.72 bits per heavy atom. The van der Waals surface area contributed by atoms with Gasteiger partial charge in [-0.1, -0.05) is 38.3 Å². The molecule has 140 valence electrons. The molecule has 0 amide bonds. The summed E-state index contributed by atoms with van der Waals surface area (Å²) in [5.74, 6) is 0.177. The van der Waals surface area contributed by atoms with Crippen molar-refractivity contribution in [2.24, 2.45) is 23.2 Å². The maximum atomic E-state index is 12.7. The van der Waals surface area contributed by atoms with E-state index in [2.05, 4.69) is 24.8 Å². The molecule has 25 heavy (non-hydrogen) atoms. The van der Waals surface area contributed by atoms with Crippen LogP contribution in [0, 0.1) is 23.2 Å². The van der Waals surface area contributed by atoms with Crippen LogP contribution in [0.2, 0.25) is 0 Å². The molecule has 4 aliphatic rings. The second-order valence-electron chi connectivity index (χ2n) is 9.01. The Morgan fingerprint density at radius 1 is 1.28 bits per heavy atom. The SMILES string of the molecule is CC1CCC=C2CC3OC(=O)C(CN4CCCCCC4)C3C(O)C21C. The first-order valence-corrected chi connectivity index (χ1v) is 10.3. The van der Waals surface area contributed by atoms with Gasteiger partial charge in [-0.25, -0.2) is 0 Å². The fourth-order valence-corrected chi connectivity index (χ4v) is 5.87. The predicted molar refractivity (Wildman–Crippen MR) is 97.0 cm³/mol. The molecule has 2 heterocycles. The average molecular weight is 347 g/mol. The second kappa shape index (κ2) is 6.70. The van der Waals surface area contributed by atoms with Gasteiger partial charge in [-0.15, -0.1) is 0 Å². The number of hydrogen-bond donors (Lipinski definition) is 1. The van der Waals surface area contributed by atoms with Crippen LogP contribution >= 0.6 is 0 Å². The Labute approximate surface area is 151 Å². The minimum absolute atomic E-state index is 0.0431. The van der Waals surface area contributed by atoms with E-state index in [0.717, 1.165) is 38.9 Å². The Kier molecular flexibility index (Phi) is 4.70. The highest BCUT2D eigenvalue weighted by Crippen LogP contribution is 2.56. The van der Waals surface area contributed by atoms with E-state index in [9.17, 15) is 9.90 Å². The number of carbonyl (C=O) groups is 1. The van der Waals surface area contributed by atoms with Crippen LogP contribution in [0.1, 0.15) is 58.8 Å². The van der Waals surface area contributed by atoms with Crippen molar-refractivity contribution in [3.63, 3.8) is 0 Å². The van der Waals surface area contributed by atoms with Crippen molar-refractivity contribution >= 4 is 5.97 Å². The molecule has 0 aromatic heterocycles. The molecule has 3 fully saturated rings. The molecule has 4 nitrogen and oxygen atoms in total. The lowest BCUT2D eigenvalue weighted by molar-refractivity contribution is -0.145. The van der Waals surface area contributed by atoms with Gasteiger partial charge in [-0.05, 0) is 44.7 Å². The Balaban J connectivity index is 1.57. The van der Waals surface area contributed by atoms with E-state index >= 15 is 0 Å². The van der Waals surface area contributed by atoms with Crippen LogP contribution in [0.3, 0.4) is 0 Å². The molecule has 4 rings (SSSR count). The van der Waals surface area contributed by atoms with Gasteiger partial charge in [0.1, 0.15) is 6.10 Å². The van der Waals surface area contributed by atoms with E-state index in [4.69, 9.17) is 4.74 Å². The number of esters is 1. The van der Waals surface area contributed by atoms with Crippen LogP contribution in [0.25, 0.3) is 0 Å². The third-order valence-electron chi connectivity index (χ3n) is 7.72. The molecule has 1 saturated carbocycles. The van der Waals surface area contributed by atoms with Crippen molar-refractivity contribution in [3.05, 3.63) is 11.6 Å². The fourth-order valence-electron chi connectivity index (χ4n) is 5.87. The van der Waals surface area contributed by atoms with E-state index in [-0.39, 0.29) is 29.3 Å². The van der Waals surface area contributed by atoms with Crippen LogP contribution in [0.15, 0.2) is 11.6 Å². The number of likely N-dealkylation sites (tertiary alicyclic amines) is 1. The number of nitrogens with zero attached hydrogens (tertiary/aromatic N) is 1. The number of hydrogen-bond acceptors (Lipinski definition) is 4. The lowest BCUT2D eigenvalue weighted by atomic mass is 9.55. The highest BCUT2D eigenvalue weighted by atomic mass is 16.6. The van der Waals surface area contributed by atoms with Crippen molar-refractivity contribution in [3.8, 4) is 0 Å². The summed E-state index contributed by atoms with van der Waals surface area (Å²) in [6.07, 6.45) is 9.77. The molecule has 6 unspecified atom stereocenters. The molecule has 2 aliphatic heterocycles. The van der Waals surface area contributed by atoms with Gasteiger partial charge in [0.25, 0.3) is 0 Å². The molecule has 4 heteroatoms. The molecule has 0 bridgehead atoms. The largest absolute Gasteiger partial charge is 0.461 e. The summed E-state index contributed by atoms with van der Waals surface area (Å²) in [6.45, 7) is 7.40. The molecular formula is C21H33NO3. The first-order chi connectivity index (χ1) is 12.0. The van der Waals surface area contributed by atoms with Gasteiger partial charge in [0.2, 0.25) is 0 Å². The predicted octanol–water partition coefficient (Wildman–Crippen LogP) is 3.15. The van der Waals surface area contributed by atoms with Crippen molar-refractivity contribution in [2.75, 3.05) is 19.6 Å². The zero-order chi connectivity index (χ0) is 17.6. The number of aliphatic hydroxyl groups is 1. The fraction of sp³-hybridized carbons (Fsp3) is 0.857. The van der Waals surface area contributed by atoms with Gasteiger partial charge in [0, 0.05) is 24.3 Å². The molecule has 0 aromatic rings. The second-order valence-corrected chi connectivity index (χ2v) is 9.01. The lowest BCUT2D eigenvalue weighted by Crippen LogP contribution is -2.54. The topological polar surface area (TPSA) is 49.8 Å². The van der Waals surface area contributed by atoms with E-state index in [0.29, 0.717) is 5.92 Å². The summed E-state index contributed by atoms with van der Waals surface area (Å²) >= 11 is 0. The van der Waals surface area contributed by atoms with Crippen LogP contribution < -0.4 is 0 Å². The number of fused-ring (bicyclic) bond motifs is 2. The Morgan fingerprint density at radius 2 is 2.00 bits per heavy atom. The molecule has 2 saturated heterocycles. The quantitative estimate of drug-likeness (QED) is 0.616. The van der Waals surface area contributed by atoms with Crippen molar-refractivity contribution in [1.29, 1.82) is 0 Å². The maximum Gasteiger partial charge on any atom is 0.311 e. The van der Waals surface area contributed by atoms with Gasteiger partial charge >= 0.3 is 5.97 Å². The van der Waals surface area contributed by atoms with E-state index in [1.807, 2.05) is 0 Å². The third kappa shape index (κ3) is 2.86. The van der Waals surface area contributed by atoms with Gasteiger partial charge in [0.05, 0.1) is 12.0 Å². The van der Waals surface area contributed by atoms with Crippen LogP contribution in [-0.2, 0) is 9.53 Å². The first-order valence-electron chi connectivity index (χ1n) is 10.3. The highest BCUT2D eigenvalue weighted by molar-refractivity contribution is 5.76. The summed E-state index contributed by atoms with van der Waals surface area (Å²) in [6, 6.07) is 0. The zero-order valence-corrected chi connectivity index (χ0v) is 15.7. The third-order valence-corrected chi connectivity index (χ3v) is 7.72. The number of aliphatic hydroxyl groups excluding tert-OH is 1. The summed E-state index contributed by atoms with van der Waals surface area (Å²) in [5, 5.41) is 11.4. The Hall–Kier alpha value is -0.870. The number of carbonyl (C=O) groups excluding carboxylic acids is 1. The molecule has 2 aliphatic carbocycles. The normalized spacial score (nSPS) is 45.2. The molecule has 0 spiro atoms. The Bertz CT molecular complexity index is 551. The van der Waals surface area contributed by atoms with Crippen LogP contribution in [0.5, 0.6) is 0 Å². The van der Waals surface area contributed by atoms with Gasteiger partial charge in [-0.3, -0.25) is 4.79 Å². The van der Waals surface area contributed by atoms with E-state index in [1.54, 1.807) is 0 Å². The van der Waals surface area contributed by atoms with E-state index in [1.165, 1.54) is 31.3 Å². The molecule has 6 atom stereocenters. The van der Waals surface area contributed by atoms with Crippen molar-refractivity contribution in [1.82, 2.24) is 4.90 Å². The van der Waals surface area contributed by atoms with E-state index < -0.39 is 6.10 Å². The van der Waals surface area contributed by atoms with Crippen LogP contribution in [-0.4, -0.2) is 47.8 Å². The summed E-state index contributed by atoms with van der Waals surface area (Å²) < 4.78 is 5.78. The minimum atomic E-state index is -0.476. The molecule has 1 N–H and O–H groups in total. The lowest BCUT2D eigenvalue weighted by Gasteiger charge is -2.52. The van der Waals surface area contributed by atoms with Gasteiger partial charge < -0.3 is 14.7 Å². The molecule has 0 radical (unpaired) electrons. The van der Waals surface area contributed by atoms with Gasteiger partial charge in [0.15, 0.2) is 0 Å². The molecule has 0 aromatic carbocycles. The monoisotopic (exact) mass is 347 g/mol. The van der Waals surface area contributed by atoms with Gasteiger partial charge in [-0.2, -0.15) is 0 Å². The first kappa shape index (κ1) is 17.5. The van der Waals surface area contributed by atoms with Crippen molar-refractivity contribution in [2.45, 2.75) is 71.0 Å². The maximum absolute atomic E-state index is 12.7. The number of ether oxygens (including phenoxy) is 1. The smallest absolute Gasteiger partial charge is 0.311 e. The summed E-state index contributed by atoms with van der Waals surface area (Å²) in [4.78, 5) is 15.1. The minimum Gasteiger partial charge on any atom is -0.461 e. The van der Waals surface area contributed by atoms with Crippen molar-refractivity contribution < 1.29 is 14.6 Å². The highest BCUT2D eigenvalue weighted by Gasteiger charge is 2.59. The number of allylic oxidation sites excluding steroid dienone is 1. The average Bonchev–Trinajstić information content (AvgIpc) is 2.76. The molecular weight excluding hydrogens is 314 g/mol. The summed E-state index contributed by atoms with van der Waals surface area (Å²) in [7, 11) is 0. The number of rotatable bonds is 2. The zero-order valence-electron chi connectivity index (χ0n) is 15.7. The standard InChI is InChI=1S/C21H33NO3/c1-14-8-7-9-15-12-17-18(19(23)21(14,15)2)16(20(24)25-17)13-22-10-5-3-4-6-11-22/h9,14,16-19,23H,3-8,10-13H2,1-2H3. The van der Waals surface area contributed by atoms with Crippen LogP contribution in [0.4, 0.5) is 0 Å².